The zero-order valence-electron chi connectivity index (χ0n) is 10.5. The topological polar surface area (TPSA) is 62.3 Å². The number of likely N-dealkylation sites (N-methyl/N-ethyl adjacent to an activating group) is 1. The number of aromatic nitrogens is 1. The van der Waals surface area contributed by atoms with Gasteiger partial charge in [-0.2, -0.15) is 0 Å². The first-order valence-corrected chi connectivity index (χ1v) is 6.06. The molecule has 96 valence electrons. The maximum atomic E-state index is 11.9. The number of imide groups is 1. The summed E-state index contributed by atoms with van der Waals surface area (Å²) in [7, 11) is 1.51. The zero-order chi connectivity index (χ0) is 13.4. The summed E-state index contributed by atoms with van der Waals surface area (Å²) in [6.45, 7) is 0. The Kier molecular flexibility index (Phi) is 2.67. The summed E-state index contributed by atoms with van der Waals surface area (Å²) in [6, 6.07) is 7.21. The van der Waals surface area contributed by atoms with Crippen LogP contribution >= 0.6 is 0 Å². The maximum Gasteiger partial charge on any atom is 0.251 e. The van der Waals surface area contributed by atoms with Gasteiger partial charge in [-0.15, -0.1) is 0 Å². The minimum atomic E-state index is -0.483. The van der Waals surface area contributed by atoms with Gasteiger partial charge in [0.2, 0.25) is 5.91 Å². The minimum absolute atomic E-state index is 0.152. The van der Waals surface area contributed by atoms with Crippen molar-refractivity contribution in [2.75, 3.05) is 12.4 Å². The maximum absolute atomic E-state index is 11.9. The fraction of sp³-hybridized carbons (Fsp3) is 0.214. The normalized spacial score (nSPS) is 19.2. The molecule has 2 heterocycles. The van der Waals surface area contributed by atoms with Crippen LogP contribution in [-0.4, -0.2) is 34.8 Å². The molecular weight excluding hydrogens is 242 g/mol. The number of nitrogens with one attached hydrogen (secondary N) is 1. The molecule has 5 nitrogen and oxygen atoms in total. The van der Waals surface area contributed by atoms with E-state index in [-0.39, 0.29) is 18.2 Å². The molecule has 1 fully saturated rings. The van der Waals surface area contributed by atoms with Gasteiger partial charge in [-0.25, -0.2) is 0 Å². The Labute approximate surface area is 110 Å². The molecule has 19 heavy (non-hydrogen) atoms. The van der Waals surface area contributed by atoms with Crippen LogP contribution in [0.4, 0.5) is 5.69 Å². The van der Waals surface area contributed by atoms with Crippen LogP contribution in [0.15, 0.2) is 36.7 Å². The van der Waals surface area contributed by atoms with Crippen molar-refractivity contribution < 1.29 is 9.59 Å². The Morgan fingerprint density at radius 1 is 1.32 bits per heavy atom. The predicted octanol–water partition coefficient (Wildman–Crippen LogP) is 1.40. The molecule has 1 aliphatic heterocycles. The largest absolute Gasteiger partial charge is 0.373 e. The van der Waals surface area contributed by atoms with E-state index < -0.39 is 6.04 Å². The van der Waals surface area contributed by atoms with Crippen molar-refractivity contribution in [3.63, 3.8) is 0 Å². The molecule has 1 aliphatic rings. The fourth-order valence-electron chi connectivity index (χ4n) is 2.30. The highest BCUT2D eigenvalue weighted by atomic mass is 16.2. The number of likely N-dealkylation sites (tertiary alicyclic amines) is 1. The van der Waals surface area contributed by atoms with Crippen LogP contribution in [0.2, 0.25) is 0 Å². The van der Waals surface area contributed by atoms with E-state index in [1.165, 1.54) is 11.9 Å². The molecule has 1 aromatic carbocycles. The van der Waals surface area contributed by atoms with Crippen LogP contribution in [0.5, 0.6) is 0 Å². The Hall–Kier alpha value is -2.43. The number of carbonyl (C=O) groups excluding carboxylic acids is 2. The van der Waals surface area contributed by atoms with Crippen LogP contribution in [0.1, 0.15) is 6.42 Å². The molecule has 1 saturated heterocycles. The van der Waals surface area contributed by atoms with E-state index in [9.17, 15) is 9.59 Å². The average molecular weight is 255 g/mol. The molecule has 1 atom stereocenters. The summed E-state index contributed by atoms with van der Waals surface area (Å²) in [5.74, 6) is -0.341. The van der Waals surface area contributed by atoms with Gasteiger partial charge in [0.1, 0.15) is 6.04 Å². The summed E-state index contributed by atoms with van der Waals surface area (Å²) < 4.78 is 0. The molecule has 1 N–H and O–H groups in total. The third kappa shape index (κ3) is 1.93. The number of rotatable bonds is 2. The number of amides is 2. The summed E-state index contributed by atoms with van der Waals surface area (Å²) in [5.41, 5.74) is 0.826. The highest BCUT2D eigenvalue weighted by Gasteiger charge is 2.36. The lowest BCUT2D eigenvalue weighted by Crippen LogP contribution is -2.31. The summed E-state index contributed by atoms with van der Waals surface area (Å²) >= 11 is 0. The molecule has 3 rings (SSSR count). The molecule has 1 unspecified atom stereocenters. The first-order valence-electron chi connectivity index (χ1n) is 6.06. The lowest BCUT2D eigenvalue weighted by molar-refractivity contribution is -0.136. The Morgan fingerprint density at radius 3 is 2.89 bits per heavy atom. The Balaban J connectivity index is 1.94. The third-order valence-corrected chi connectivity index (χ3v) is 3.39. The Bertz CT molecular complexity index is 663. The minimum Gasteiger partial charge on any atom is -0.373 e. The number of fused-ring (bicyclic) bond motifs is 1. The first kappa shape index (κ1) is 11.6. The second-order valence-electron chi connectivity index (χ2n) is 4.59. The SMILES string of the molecule is CN1C(=O)CC(Nc2cccc3ccncc23)C1=O. The predicted molar refractivity (Wildman–Crippen MR) is 71.5 cm³/mol. The van der Waals surface area contributed by atoms with Crippen molar-refractivity contribution in [2.24, 2.45) is 0 Å². The quantitative estimate of drug-likeness (QED) is 0.824. The van der Waals surface area contributed by atoms with Gasteiger partial charge in [0.25, 0.3) is 5.91 Å². The van der Waals surface area contributed by atoms with E-state index >= 15 is 0 Å². The van der Waals surface area contributed by atoms with Crippen LogP contribution < -0.4 is 5.32 Å². The van der Waals surface area contributed by atoms with Crippen molar-refractivity contribution in [1.82, 2.24) is 9.88 Å². The number of nitrogens with zero attached hydrogens (tertiary/aromatic N) is 2. The monoisotopic (exact) mass is 255 g/mol. The molecule has 5 heteroatoms. The lowest BCUT2D eigenvalue weighted by atomic mass is 10.1. The lowest BCUT2D eigenvalue weighted by Gasteiger charge is -2.14. The summed E-state index contributed by atoms with van der Waals surface area (Å²) in [6.07, 6.45) is 3.68. The van der Waals surface area contributed by atoms with Crippen molar-refractivity contribution >= 4 is 28.3 Å². The molecule has 0 saturated carbocycles. The van der Waals surface area contributed by atoms with Gasteiger partial charge in [-0.1, -0.05) is 12.1 Å². The van der Waals surface area contributed by atoms with Gasteiger partial charge in [-0.05, 0) is 17.5 Å². The Morgan fingerprint density at radius 2 is 2.16 bits per heavy atom. The van der Waals surface area contributed by atoms with E-state index in [0.717, 1.165) is 16.5 Å². The standard InChI is InChI=1S/C14H13N3O2/c1-17-13(18)7-12(14(17)19)16-11-4-2-3-9-5-6-15-8-10(9)11/h2-6,8,12,16H,7H2,1H3. The number of pyridine rings is 1. The van der Waals surface area contributed by atoms with E-state index in [1.807, 2.05) is 24.3 Å². The van der Waals surface area contributed by atoms with E-state index in [1.54, 1.807) is 12.4 Å². The highest BCUT2D eigenvalue weighted by Crippen LogP contribution is 2.25. The van der Waals surface area contributed by atoms with Gasteiger partial charge in [0.05, 0.1) is 6.42 Å². The van der Waals surface area contributed by atoms with Crippen LogP contribution in [-0.2, 0) is 9.59 Å². The first-order chi connectivity index (χ1) is 9.16. The molecule has 0 radical (unpaired) electrons. The smallest absolute Gasteiger partial charge is 0.251 e. The van der Waals surface area contributed by atoms with Gasteiger partial charge in [0, 0.05) is 30.5 Å². The van der Waals surface area contributed by atoms with Crippen molar-refractivity contribution in [1.29, 1.82) is 0 Å². The number of anilines is 1. The molecular formula is C14H13N3O2. The molecule has 0 spiro atoms. The third-order valence-electron chi connectivity index (χ3n) is 3.39. The number of hydrogen-bond donors (Lipinski definition) is 1. The molecule has 0 aliphatic carbocycles. The molecule has 2 amide bonds. The van der Waals surface area contributed by atoms with Crippen molar-refractivity contribution in [3.05, 3.63) is 36.7 Å². The van der Waals surface area contributed by atoms with E-state index in [0.29, 0.717) is 0 Å². The highest BCUT2D eigenvalue weighted by molar-refractivity contribution is 6.07. The van der Waals surface area contributed by atoms with Crippen molar-refractivity contribution in [2.45, 2.75) is 12.5 Å². The van der Waals surface area contributed by atoms with E-state index in [4.69, 9.17) is 0 Å². The van der Waals surface area contributed by atoms with Crippen LogP contribution in [0.3, 0.4) is 0 Å². The second-order valence-corrected chi connectivity index (χ2v) is 4.59. The van der Waals surface area contributed by atoms with Gasteiger partial charge < -0.3 is 5.32 Å². The zero-order valence-corrected chi connectivity index (χ0v) is 10.5. The van der Waals surface area contributed by atoms with Gasteiger partial charge in [-0.3, -0.25) is 19.5 Å². The number of carbonyl (C=O) groups is 2. The summed E-state index contributed by atoms with van der Waals surface area (Å²) in [5, 5.41) is 5.13. The average Bonchev–Trinajstić information content (AvgIpc) is 2.67. The summed E-state index contributed by atoms with van der Waals surface area (Å²) in [4.78, 5) is 28.6. The number of hydrogen-bond acceptors (Lipinski definition) is 4. The molecule has 2 aromatic rings. The molecule has 0 bridgehead atoms. The van der Waals surface area contributed by atoms with Gasteiger partial charge in [0.15, 0.2) is 0 Å². The fourth-order valence-corrected chi connectivity index (χ4v) is 2.30. The van der Waals surface area contributed by atoms with Crippen LogP contribution in [0.25, 0.3) is 10.8 Å². The number of benzene rings is 1. The van der Waals surface area contributed by atoms with Gasteiger partial charge >= 0.3 is 0 Å². The second kappa shape index (κ2) is 4.35. The molecule has 1 aromatic heterocycles. The van der Waals surface area contributed by atoms with Crippen LogP contribution in [0, 0.1) is 0 Å². The van der Waals surface area contributed by atoms with E-state index in [2.05, 4.69) is 10.3 Å². The van der Waals surface area contributed by atoms with Crippen molar-refractivity contribution in [3.8, 4) is 0 Å².